The largest absolute Gasteiger partial charge is 0.397 e. The van der Waals surface area contributed by atoms with Crippen LogP contribution in [0, 0.1) is 6.92 Å². The molecule has 0 spiro atoms. The summed E-state index contributed by atoms with van der Waals surface area (Å²) in [4.78, 5) is 1.91. The smallest absolute Gasteiger partial charge is 0.0990 e. The first-order valence-corrected chi connectivity index (χ1v) is 5.05. The number of aryl methyl sites for hydroxylation is 1. The lowest BCUT2D eigenvalue weighted by Gasteiger charge is -2.20. The van der Waals surface area contributed by atoms with Gasteiger partial charge in [-0.25, -0.2) is 0 Å². The van der Waals surface area contributed by atoms with Crippen LogP contribution in [0.5, 0.6) is 0 Å². The lowest BCUT2D eigenvalue weighted by atomic mass is 10.1. The lowest BCUT2D eigenvalue weighted by molar-refractivity contribution is 0.0572. The van der Waals surface area contributed by atoms with Crippen molar-refractivity contribution in [3.8, 4) is 0 Å². The molecule has 2 atom stereocenters. The third-order valence-electron chi connectivity index (χ3n) is 2.90. The number of rotatable bonds is 1. The van der Waals surface area contributed by atoms with Crippen LogP contribution in [0.25, 0.3) is 0 Å². The number of para-hydroxylation sites is 1. The van der Waals surface area contributed by atoms with E-state index < -0.39 is 12.2 Å². The average Bonchev–Trinajstić information content (AvgIpc) is 2.51. The van der Waals surface area contributed by atoms with Gasteiger partial charge in [-0.05, 0) is 18.6 Å². The number of nitrogens with zero attached hydrogens (tertiary/aromatic N) is 1. The summed E-state index contributed by atoms with van der Waals surface area (Å²) >= 11 is 0. The van der Waals surface area contributed by atoms with E-state index in [2.05, 4.69) is 0 Å². The Labute approximate surface area is 88.9 Å². The number of β-amino-alcohol motifs (C(OH)–C–C–N with tert-alkyl or cyclic N) is 2. The van der Waals surface area contributed by atoms with Crippen LogP contribution in [0.3, 0.4) is 0 Å². The van der Waals surface area contributed by atoms with Crippen molar-refractivity contribution in [2.45, 2.75) is 19.1 Å². The fourth-order valence-corrected chi connectivity index (χ4v) is 1.91. The van der Waals surface area contributed by atoms with Gasteiger partial charge in [-0.3, -0.25) is 0 Å². The van der Waals surface area contributed by atoms with Gasteiger partial charge in [0.05, 0.1) is 23.6 Å². The van der Waals surface area contributed by atoms with Gasteiger partial charge in [0.25, 0.3) is 0 Å². The normalized spacial score (nSPS) is 25.9. The molecule has 0 aromatic heterocycles. The summed E-state index contributed by atoms with van der Waals surface area (Å²) < 4.78 is 0. The maximum atomic E-state index is 9.46. The van der Waals surface area contributed by atoms with E-state index in [0.29, 0.717) is 13.1 Å². The van der Waals surface area contributed by atoms with E-state index in [1.807, 2.05) is 30.0 Å². The minimum absolute atomic E-state index is 0.439. The number of aliphatic hydroxyl groups is 2. The van der Waals surface area contributed by atoms with Gasteiger partial charge in [-0.2, -0.15) is 0 Å². The number of hydrogen-bond donors (Lipinski definition) is 3. The Hall–Kier alpha value is -1.26. The molecule has 1 aliphatic heterocycles. The third-order valence-corrected chi connectivity index (χ3v) is 2.90. The molecule has 15 heavy (non-hydrogen) atoms. The van der Waals surface area contributed by atoms with Crippen LogP contribution in [0.15, 0.2) is 18.2 Å². The van der Waals surface area contributed by atoms with Crippen LogP contribution in [0.4, 0.5) is 11.4 Å². The molecular weight excluding hydrogens is 192 g/mol. The Morgan fingerprint density at radius 1 is 1.27 bits per heavy atom. The Balaban J connectivity index is 2.27. The maximum Gasteiger partial charge on any atom is 0.0990 e. The molecule has 0 amide bonds. The van der Waals surface area contributed by atoms with Crippen molar-refractivity contribution in [2.24, 2.45) is 0 Å². The van der Waals surface area contributed by atoms with Crippen molar-refractivity contribution in [1.29, 1.82) is 0 Å². The highest BCUT2D eigenvalue weighted by Crippen LogP contribution is 2.28. The van der Waals surface area contributed by atoms with Crippen molar-refractivity contribution < 1.29 is 10.2 Å². The second-order valence-corrected chi connectivity index (χ2v) is 4.05. The van der Waals surface area contributed by atoms with Crippen molar-refractivity contribution >= 4 is 11.4 Å². The summed E-state index contributed by atoms with van der Waals surface area (Å²) in [5, 5.41) is 18.9. The fraction of sp³-hybridized carbons (Fsp3) is 0.455. The summed E-state index contributed by atoms with van der Waals surface area (Å²) in [6, 6.07) is 5.78. The van der Waals surface area contributed by atoms with Gasteiger partial charge in [0.2, 0.25) is 0 Å². The van der Waals surface area contributed by atoms with E-state index in [4.69, 9.17) is 5.73 Å². The minimum atomic E-state index is -0.676. The monoisotopic (exact) mass is 208 g/mol. The molecule has 1 saturated heterocycles. The van der Waals surface area contributed by atoms with Crippen molar-refractivity contribution in [2.75, 3.05) is 23.7 Å². The fourth-order valence-electron chi connectivity index (χ4n) is 1.91. The summed E-state index contributed by atoms with van der Waals surface area (Å²) in [5.41, 5.74) is 8.58. The van der Waals surface area contributed by atoms with Gasteiger partial charge in [0, 0.05) is 13.1 Å². The molecular formula is C11H16N2O2. The molecule has 82 valence electrons. The zero-order valence-electron chi connectivity index (χ0n) is 8.72. The average molecular weight is 208 g/mol. The molecule has 1 aliphatic rings. The molecule has 4 heteroatoms. The van der Waals surface area contributed by atoms with Crippen LogP contribution in [-0.4, -0.2) is 35.5 Å². The molecule has 1 aromatic carbocycles. The molecule has 0 aliphatic carbocycles. The Morgan fingerprint density at radius 3 is 2.47 bits per heavy atom. The molecule has 2 rings (SSSR count). The highest BCUT2D eigenvalue weighted by Gasteiger charge is 2.30. The molecule has 4 nitrogen and oxygen atoms in total. The minimum Gasteiger partial charge on any atom is -0.397 e. The maximum absolute atomic E-state index is 9.46. The van der Waals surface area contributed by atoms with Crippen LogP contribution in [-0.2, 0) is 0 Å². The Bertz CT molecular complexity index is 358. The van der Waals surface area contributed by atoms with Crippen LogP contribution in [0.2, 0.25) is 0 Å². The van der Waals surface area contributed by atoms with Crippen LogP contribution in [0.1, 0.15) is 5.56 Å². The standard InChI is InChI=1S/C11H16N2O2/c1-7-3-2-4-8(11(7)12)13-5-9(14)10(15)6-13/h2-4,9-10,14-15H,5-6,12H2,1H3. The number of anilines is 2. The SMILES string of the molecule is Cc1cccc(N2CC(O)C(O)C2)c1N. The number of hydrogen-bond acceptors (Lipinski definition) is 4. The molecule has 0 bridgehead atoms. The molecule has 2 unspecified atom stereocenters. The molecule has 1 aromatic rings. The zero-order chi connectivity index (χ0) is 11.0. The van der Waals surface area contributed by atoms with Gasteiger partial charge in [-0.15, -0.1) is 0 Å². The number of nitrogen functional groups attached to an aromatic ring is 1. The van der Waals surface area contributed by atoms with Crippen molar-refractivity contribution in [3.05, 3.63) is 23.8 Å². The quantitative estimate of drug-likeness (QED) is 0.573. The summed E-state index contributed by atoms with van der Waals surface area (Å²) in [6.45, 7) is 2.82. The van der Waals surface area contributed by atoms with Gasteiger partial charge < -0.3 is 20.8 Å². The van der Waals surface area contributed by atoms with E-state index >= 15 is 0 Å². The van der Waals surface area contributed by atoms with E-state index in [1.165, 1.54) is 0 Å². The first kappa shape index (κ1) is 10.3. The number of nitrogens with two attached hydrogens (primary N) is 1. The molecule has 0 saturated carbocycles. The molecule has 1 heterocycles. The van der Waals surface area contributed by atoms with Gasteiger partial charge in [-0.1, -0.05) is 12.1 Å². The summed E-state index contributed by atoms with van der Waals surface area (Å²) in [5.74, 6) is 0. The van der Waals surface area contributed by atoms with Gasteiger partial charge >= 0.3 is 0 Å². The molecule has 1 fully saturated rings. The van der Waals surface area contributed by atoms with E-state index in [1.54, 1.807) is 0 Å². The zero-order valence-corrected chi connectivity index (χ0v) is 8.72. The second-order valence-electron chi connectivity index (χ2n) is 4.05. The van der Waals surface area contributed by atoms with E-state index in [0.717, 1.165) is 16.9 Å². The van der Waals surface area contributed by atoms with Crippen LogP contribution >= 0.6 is 0 Å². The van der Waals surface area contributed by atoms with Gasteiger partial charge in [0.15, 0.2) is 0 Å². The Kier molecular flexibility index (Phi) is 2.54. The molecule has 4 N–H and O–H groups in total. The predicted molar refractivity (Wildman–Crippen MR) is 59.8 cm³/mol. The Morgan fingerprint density at radius 2 is 1.87 bits per heavy atom. The highest BCUT2D eigenvalue weighted by atomic mass is 16.3. The number of aliphatic hydroxyl groups excluding tert-OH is 2. The van der Waals surface area contributed by atoms with E-state index in [9.17, 15) is 10.2 Å². The van der Waals surface area contributed by atoms with Crippen molar-refractivity contribution in [1.82, 2.24) is 0 Å². The highest BCUT2D eigenvalue weighted by molar-refractivity contribution is 5.71. The molecule has 0 radical (unpaired) electrons. The lowest BCUT2D eigenvalue weighted by Crippen LogP contribution is -2.22. The van der Waals surface area contributed by atoms with Gasteiger partial charge in [0.1, 0.15) is 0 Å². The van der Waals surface area contributed by atoms with Crippen LogP contribution < -0.4 is 10.6 Å². The first-order valence-electron chi connectivity index (χ1n) is 5.05. The topological polar surface area (TPSA) is 69.7 Å². The number of benzene rings is 1. The van der Waals surface area contributed by atoms with Crippen molar-refractivity contribution in [3.63, 3.8) is 0 Å². The summed E-state index contributed by atoms with van der Waals surface area (Å²) in [6.07, 6.45) is -1.35. The predicted octanol–water partition coefficient (Wildman–Crippen LogP) is 0.119. The summed E-state index contributed by atoms with van der Waals surface area (Å²) in [7, 11) is 0. The van der Waals surface area contributed by atoms with E-state index in [-0.39, 0.29) is 0 Å². The third kappa shape index (κ3) is 1.78. The second kappa shape index (κ2) is 3.72. The first-order chi connectivity index (χ1) is 7.09.